The third kappa shape index (κ3) is 2.52. The topological polar surface area (TPSA) is 42.8 Å². The molecular weight excluding hydrogens is 246 g/mol. The van der Waals surface area contributed by atoms with Crippen LogP contribution in [0.1, 0.15) is 31.2 Å². The van der Waals surface area contributed by atoms with Gasteiger partial charge < -0.3 is 4.74 Å². The molecule has 0 saturated carbocycles. The molecule has 0 aliphatic carbocycles. The fraction of sp³-hybridized carbons (Fsp3) is 0.385. The fourth-order valence-electron chi connectivity index (χ4n) is 1.90. The van der Waals surface area contributed by atoms with Gasteiger partial charge in [-0.3, -0.25) is 9.67 Å². The molecule has 1 aromatic carbocycles. The summed E-state index contributed by atoms with van der Waals surface area (Å²) < 4.78 is 7.74. The molecular formula is C13H17N3OS. The van der Waals surface area contributed by atoms with Crippen molar-refractivity contribution in [2.75, 3.05) is 7.11 Å². The van der Waals surface area contributed by atoms with Crippen LogP contribution in [0.3, 0.4) is 0 Å². The Hall–Kier alpha value is -1.46. The second-order valence-electron chi connectivity index (χ2n) is 4.48. The van der Waals surface area contributed by atoms with E-state index in [1.807, 2.05) is 22.8 Å². The van der Waals surface area contributed by atoms with E-state index in [0.717, 1.165) is 17.1 Å². The van der Waals surface area contributed by atoms with E-state index < -0.39 is 0 Å². The molecule has 2 rings (SSSR count). The van der Waals surface area contributed by atoms with Crippen LogP contribution in [-0.4, -0.2) is 21.9 Å². The third-order valence-electron chi connectivity index (χ3n) is 2.69. The van der Waals surface area contributed by atoms with E-state index >= 15 is 0 Å². The number of nitrogens with one attached hydrogen (secondary N) is 1. The van der Waals surface area contributed by atoms with E-state index in [1.54, 1.807) is 7.11 Å². The number of ether oxygens (including phenoxy) is 1. The van der Waals surface area contributed by atoms with Crippen LogP contribution in [-0.2, 0) is 11.3 Å². The molecule has 0 aliphatic rings. The van der Waals surface area contributed by atoms with Crippen molar-refractivity contribution in [1.82, 2.24) is 14.8 Å². The first kappa shape index (κ1) is 13.0. The van der Waals surface area contributed by atoms with E-state index in [-0.39, 0.29) is 0 Å². The first-order valence-electron chi connectivity index (χ1n) is 5.89. The lowest BCUT2D eigenvalue weighted by atomic mass is 10.2. The number of methoxy groups -OCH3 is 1. The summed E-state index contributed by atoms with van der Waals surface area (Å²) in [5.41, 5.74) is 2.14. The molecule has 0 unspecified atom stereocenters. The number of rotatable bonds is 4. The average Bonchev–Trinajstić information content (AvgIpc) is 2.72. The maximum Gasteiger partial charge on any atom is 0.199 e. The molecule has 0 radical (unpaired) electrons. The molecule has 1 aromatic heterocycles. The van der Waals surface area contributed by atoms with Crippen LogP contribution in [0.4, 0.5) is 0 Å². The minimum Gasteiger partial charge on any atom is -0.380 e. The first-order chi connectivity index (χ1) is 8.63. The standard InChI is InChI=1S/C13H17N3OS/c1-9(2)12-14-15-13(18)16(12)11-6-4-5-10(7-11)8-17-3/h4-7,9H,8H2,1-3H3,(H,15,18). The van der Waals surface area contributed by atoms with Gasteiger partial charge in [0, 0.05) is 18.7 Å². The molecule has 1 N–H and O–H groups in total. The highest BCUT2D eigenvalue weighted by Gasteiger charge is 2.11. The fourth-order valence-corrected chi connectivity index (χ4v) is 2.14. The highest BCUT2D eigenvalue weighted by molar-refractivity contribution is 7.71. The molecule has 2 aromatic rings. The largest absolute Gasteiger partial charge is 0.380 e. The average molecular weight is 263 g/mol. The summed E-state index contributed by atoms with van der Waals surface area (Å²) in [5, 5.41) is 7.13. The lowest BCUT2D eigenvalue weighted by Crippen LogP contribution is -2.04. The van der Waals surface area contributed by atoms with Crippen molar-refractivity contribution in [3.8, 4) is 5.69 Å². The first-order valence-corrected chi connectivity index (χ1v) is 6.30. The van der Waals surface area contributed by atoms with Crippen LogP contribution in [0.2, 0.25) is 0 Å². The van der Waals surface area contributed by atoms with E-state index in [1.165, 1.54) is 0 Å². The summed E-state index contributed by atoms with van der Waals surface area (Å²) in [7, 11) is 1.69. The molecule has 4 nitrogen and oxygen atoms in total. The Labute approximate surface area is 112 Å². The van der Waals surface area contributed by atoms with Gasteiger partial charge >= 0.3 is 0 Å². The van der Waals surface area contributed by atoms with Gasteiger partial charge in [-0.05, 0) is 29.9 Å². The van der Waals surface area contributed by atoms with Gasteiger partial charge in [0.1, 0.15) is 5.82 Å². The van der Waals surface area contributed by atoms with Gasteiger partial charge in [-0.2, -0.15) is 5.10 Å². The zero-order valence-electron chi connectivity index (χ0n) is 10.8. The van der Waals surface area contributed by atoms with Crippen LogP contribution < -0.4 is 0 Å². The molecule has 0 fully saturated rings. The lowest BCUT2D eigenvalue weighted by Gasteiger charge is -2.10. The van der Waals surface area contributed by atoms with Crippen molar-refractivity contribution in [2.24, 2.45) is 0 Å². The Morgan fingerprint density at radius 2 is 2.22 bits per heavy atom. The molecule has 18 heavy (non-hydrogen) atoms. The van der Waals surface area contributed by atoms with Gasteiger partial charge in [0.2, 0.25) is 0 Å². The summed E-state index contributed by atoms with van der Waals surface area (Å²) in [5.74, 6) is 1.25. The summed E-state index contributed by atoms with van der Waals surface area (Å²) in [4.78, 5) is 0. The monoisotopic (exact) mass is 263 g/mol. The molecule has 1 heterocycles. The SMILES string of the molecule is COCc1cccc(-n2c(C(C)C)n[nH]c2=S)c1. The van der Waals surface area contributed by atoms with Gasteiger partial charge in [0.25, 0.3) is 0 Å². The summed E-state index contributed by atoms with van der Waals surface area (Å²) in [6, 6.07) is 8.13. The maximum absolute atomic E-state index is 5.30. The van der Waals surface area contributed by atoms with E-state index in [4.69, 9.17) is 17.0 Å². The highest BCUT2D eigenvalue weighted by atomic mass is 32.1. The van der Waals surface area contributed by atoms with Crippen molar-refractivity contribution in [2.45, 2.75) is 26.4 Å². The van der Waals surface area contributed by atoms with Crippen molar-refractivity contribution >= 4 is 12.2 Å². The minimum absolute atomic E-state index is 0.309. The minimum atomic E-state index is 0.309. The summed E-state index contributed by atoms with van der Waals surface area (Å²) in [6.45, 7) is 4.79. The number of aromatic amines is 1. The van der Waals surface area contributed by atoms with Crippen LogP contribution >= 0.6 is 12.2 Å². The van der Waals surface area contributed by atoms with Crippen molar-refractivity contribution in [3.63, 3.8) is 0 Å². The normalized spacial score (nSPS) is 11.1. The number of H-pyrrole nitrogens is 1. The van der Waals surface area contributed by atoms with E-state index in [0.29, 0.717) is 17.3 Å². The van der Waals surface area contributed by atoms with Crippen molar-refractivity contribution < 1.29 is 4.74 Å². The number of nitrogens with zero attached hydrogens (tertiary/aromatic N) is 2. The molecule has 0 saturated heterocycles. The van der Waals surface area contributed by atoms with Crippen molar-refractivity contribution in [1.29, 1.82) is 0 Å². The highest BCUT2D eigenvalue weighted by Crippen LogP contribution is 2.18. The maximum atomic E-state index is 5.30. The zero-order chi connectivity index (χ0) is 13.1. The van der Waals surface area contributed by atoms with Crippen LogP contribution in [0.5, 0.6) is 0 Å². The number of hydrogen-bond donors (Lipinski definition) is 1. The Bertz CT molecular complexity index is 586. The molecule has 5 heteroatoms. The second-order valence-corrected chi connectivity index (χ2v) is 4.87. The van der Waals surface area contributed by atoms with Gasteiger partial charge in [-0.1, -0.05) is 26.0 Å². The van der Waals surface area contributed by atoms with Gasteiger partial charge in [-0.25, -0.2) is 0 Å². The number of benzene rings is 1. The molecule has 0 aliphatic heterocycles. The van der Waals surface area contributed by atoms with Gasteiger partial charge in [0.05, 0.1) is 6.61 Å². The molecule has 0 spiro atoms. The van der Waals surface area contributed by atoms with E-state index in [9.17, 15) is 0 Å². The quantitative estimate of drug-likeness (QED) is 0.861. The van der Waals surface area contributed by atoms with Gasteiger partial charge in [-0.15, -0.1) is 0 Å². The van der Waals surface area contributed by atoms with Crippen molar-refractivity contribution in [3.05, 3.63) is 40.4 Å². The second kappa shape index (κ2) is 5.46. The Balaban J connectivity index is 2.51. The molecule has 96 valence electrons. The van der Waals surface area contributed by atoms with Crippen LogP contribution in [0.25, 0.3) is 5.69 Å². The summed E-state index contributed by atoms with van der Waals surface area (Å²) in [6.07, 6.45) is 0. The summed E-state index contributed by atoms with van der Waals surface area (Å²) >= 11 is 5.30. The van der Waals surface area contributed by atoms with E-state index in [2.05, 4.69) is 30.1 Å². The predicted octanol–water partition coefficient (Wildman–Crippen LogP) is 3.20. The smallest absolute Gasteiger partial charge is 0.199 e. The molecule has 0 bridgehead atoms. The van der Waals surface area contributed by atoms with Crippen LogP contribution in [0.15, 0.2) is 24.3 Å². The molecule has 0 amide bonds. The Morgan fingerprint density at radius 1 is 1.44 bits per heavy atom. The lowest BCUT2D eigenvalue weighted by molar-refractivity contribution is 0.185. The Kier molecular flexibility index (Phi) is 3.93. The van der Waals surface area contributed by atoms with Gasteiger partial charge in [0.15, 0.2) is 4.77 Å². The zero-order valence-corrected chi connectivity index (χ0v) is 11.6. The number of hydrogen-bond acceptors (Lipinski definition) is 3. The third-order valence-corrected chi connectivity index (χ3v) is 2.97. The Morgan fingerprint density at radius 3 is 2.89 bits per heavy atom. The molecule has 0 atom stereocenters. The van der Waals surface area contributed by atoms with Crippen LogP contribution in [0, 0.1) is 4.77 Å². The number of aromatic nitrogens is 3. The predicted molar refractivity (Wildman–Crippen MR) is 73.6 cm³/mol.